The van der Waals surface area contributed by atoms with E-state index in [0.29, 0.717) is 11.6 Å². The lowest BCUT2D eigenvalue weighted by Gasteiger charge is -2.20. The normalized spacial score (nSPS) is 13.8. The number of benzene rings is 1. The van der Waals surface area contributed by atoms with Gasteiger partial charge in [-0.05, 0) is 37.6 Å². The van der Waals surface area contributed by atoms with Crippen molar-refractivity contribution in [2.24, 2.45) is 0 Å². The number of hydrogen-bond acceptors (Lipinski definition) is 6. The van der Waals surface area contributed by atoms with E-state index in [-0.39, 0.29) is 4.90 Å². The number of carbonyl (C=O) groups excluding carboxylic acids is 2. The summed E-state index contributed by atoms with van der Waals surface area (Å²) in [5.41, 5.74) is 0. The van der Waals surface area contributed by atoms with E-state index in [9.17, 15) is 23.1 Å². The number of carbonyl (C=O) groups is 2. The van der Waals surface area contributed by atoms with E-state index < -0.39 is 40.7 Å². The smallest absolute Gasteiger partial charge is 0.327 e. The first-order valence-corrected chi connectivity index (χ1v) is 9.42. The zero-order chi connectivity index (χ0) is 19.0. The van der Waals surface area contributed by atoms with E-state index in [4.69, 9.17) is 16.3 Å². The molecule has 2 atom stereocenters. The van der Waals surface area contributed by atoms with Crippen molar-refractivity contribution in [3.05, 3.63) is 29.3 Å². The molecule has 0 radical (unpaired) electrons. The van der Waals surface area contributed by atoms with Crippen molar-refractivity contribution < 1.29 is 27.9 Å². The lowest BCUT2D eigenvalue weighted by Crippen LogP contribution is -2.49. The van der Waals surface area contributed by atoms with Crippen molar-refractivity contribution >= 4 is 33.5 Å². The molecule has 25 heavy (non-hydrogen) atoms. The number of aliphatic hydroxyl groups is 1. The summed E-state index contributed by atoms with van der Waals surface area (Å²) in [5.74, 6) is -1.57. The van der Waals surface area contributed by atoms with Crippen LogP contribution in [0.15, 0.2) is 29.2 Å². The van der Waals surface area contributed by atoms with Crippen molar-refractivity contribution in [3.8, 4) is 0 Å². The standard InChI is InChI=1S/C15H21ClN2O6S/c1-3-8-17-13(20)9-24-15(21)14(10(2)19)18-25(22,23)12-6-4-11(16)5-7-12/h4-7,10,14,18-19H,3,8-9H2,1-2H3,(H,17,20)/t10-,14+/m0/s1. The Hall–Kier alpha value is -1.68. The third kappa shape index (κ3) is 6.99. The highest BCUT2D eigenvalue weighted by molar-refractivity contribution is 7.89. The largest absolute Gasteiger partial charge is 0.454 e. The number of sulfonamides is 1. The van der Waals surface area contributed by atoms with Gasteiger partial charge in [-0.25, -0.2) is 8.42 Å². The maximum atomic E-state index is 12.3. The van der Waals surface area contributed by atoms with Gasteiger partial charge in [0, 0.05) is 11.6 Å². The third-order valence-corrected chi connectivity index (χ3v) is 4.77. The summed E-state index contributed by atoms with van der Waals surface area (Å²) in [6, 6.07) is 3.72. The van der Waals surface area contributed by atoms with Crippen LogP contribution in [-0.2, 0) is 24.3 Å². The molecule has 0 spiro atoms. The average Bonchev–Trinajstić information content (AvgIpc) is 2.55. The highest BCUT2D eigenvalue weighted by Crippen LogP contribution is 2.15. The maximum absolute atomic E-state index is 12.3. The molecule has 3 N–H and O–H groups in total. The Morgan fingerprint density at radius 1 is 1.28 bits per heavy atom. The summed E-state index contributed by atoms with van der Waals surface area (Å²) in [4.78, 5) is 23.3. The van der Waals surface area contributed by atoms with Crippen molar-refractivity contribution in [1.82, 2.24) is 10.0 Å². The van der Waals surface area contributed by atoms with Crippen molar-refractivity contribution in [2.45, 2.75) is 37.3 Å². The summed E-state index contributed by atoms with van der Waals surface area (Å²) < 4.78 is 31.4. The van der Waals surface area contributed by atoms with Gasteiger partial charge in [0.25, 0.3) is 5.91 Å². The summed E-state index contributed by atoms with van der Waals surface area (Å²) in [6.45, 7) is 2.96. The van der Waals surface area contributed by atoms with Crippen molar-refractivity contribution in [2.75, 3.05) is 13.2 Å². The van der Waals surface area contributed by atoms with Gasteiger partial charge in [-0.3, -0.25) is 9.59 Å². The van der Waals surface area contributed by atoms with Gasteiger partial charge in [0.05, 0.1) is 11.0 Å². The van der Waals surface area contributed by atoms with Gasteiger partial charge >= 0.3 is 5.97 Å². The maximum Gasteiger partial charge on any atom is 0.327 e. The zero-order valence-corrected chi connectivity index (χ0v) is 15.4. The van der Waals surface area contributed by atoms with Crippen LogP contribution in [0.4, 0.5) is 0 Å². The lowest BCUT2D eigenvalue weighted by molar-refractivity contribution is -0.152. The molecule has 1 aromatic rings. The van der Waals surface area contributed by atoms with Crippen molar-refractivity contribution in [3.63, 3.8) is 0 Å². The van der Waals surface area contributed by atoms with Crippen LogP contribution in [0, 0.1) is 0 Å². The van der Waals surface area contributed by atoms with Crippen LogP contribution in [0.2, 0.25) is 5.02 Å². The molecule has 0 unspecified atom stereocenters. The third-order valence-electron chi connectivity index (χ3n) is 3.06. The van der Waals surface area contributed by atoms with E-state index in [2.05, 4.69) is 10.0 Å². The van der Waals surface area contributed by atoms with E-state index >= 15 is 0 Å². The summed E-state index contributed by atoms with van der Waals surface area (Å²) in [7, 11) is -4.09. The van der Waals surface area contributed by atoms with Gasteiger partial charge in [-0.1, -0.05) is 18.5 Å². The van der Waals surface area contributed by atoms with Crippen LogP contribution >= 0.6 is 11.6 Å². The van der Waals surface area contributed by atoms with Gasteiger partial charge in [-0.2, -0.15) is 4.72 Å². The quantitative estimate of drug-likeness (QED) is 0.524. The first-order valence-electron chi connectivity index (χ1n) is 7.56. The number of ether oxygens (including phenoxy) is 1. The predicted molar refractivity (Wildman–Crippen MR) is 91.5 cm³/mol. The summed E-state index contributed by atoms with van der Waals surface area (Å²) >= 11 is 5.71. The monoisotopic (exact) mass is 392 g/mol. The molecule has 0 saturated heterocycles. The van der Waals surface area contributed by atoms with Gasteiger partial charge in [-0.15, -0.1) is 0 Å². The van der Waals surface area contributed by atoms with E-state index in [0.717, 1.165) is 6.42 Å². The first-order chi connectivity index (χ1) is 11.7. The molecule has 0 saturated carbocycles. The van der Waals surface area contributed by atoms with Crippen LogP contribution in [-0.4, -0.2) is 50.7 Å². The first kappa shape index (κ1) is 21.4. The second-order valence-corrected chi connectivity index (χ2v) is 7.40. The number of halogens is 1. The van der Waals surface area contributed by atoms with Crippen LogP contribution in [0.5, 0.6) is 0 Å². The fraction of sp³-hybridized carbons (Fsp3) is 0.467. The average molecular weight is 393 g/mol. The second kappa shape index (κ2) is 9.71. The molecule has 0 bridgehead atoms. The topological polar surface area (TPSA) is 122 Å². The number of esters is 1. The van der Waals surface area contributed by atoms with Gasteiger partial charge in [0.1, 0.15) is 6.04 Å². The Balaban J connectivity index is 2.77. The minimum Gasteiger partial charge on any atom is -0.454 e. The number of hydrogen-bond donors (Lipinski definition) is 3. The fourth-order valence-corrected chi connectivity index (χ4v) is 3.12. The minimum atomic E-state index is -4.09. The molecule has 0 heterocycles. The molecule has 0 aliphatic rings. The highest BCUT2D eigenvalue weighted by Gasteiger charge is 2.31. The van der Waals surface area contributed by atoms with Gasteiger partial charge in [0.15, 0.2) is 6.61 Å². The molecule has 10 heteroatoms. The molecule has 8 nitrogen and oxygen atoms in total. The lowest BCUT2D eigenvalue weighted by atomic mass is 10.2. The predicted octanol–water partition coefficient (Wildman–Crippen LogP) is 0.437. The molecule has 140 valence electrons. The van der Waals surface area contributed by atoms with E-state index in [1.807, 2.05) is 6.92 Å². The summed E-state index contributed by atoms with van der Waals surface area (Å²) in [5, 5.41) is 12.6. The molecule has 0 aromatic heterocycles. The molecular formula is C15H21ClN2O6S. The van der Waals surface area contributed by atoms with E-state index in [1.165, 1.54) is 31.2 Å². The van der Waals surface area contributed by atoms with Gasteiger partial charge in [0.2, 0.25) is 10.0 Å². The second-order valence-electron chi connectivity index (χ2n) is 5.25. The SMILES string of the molecule is CCCNC(=O)COC(=O)[C@H](NS(=O)(=O)c1ccc(Cl)cc1)[C@H](C)O. The Morgan fingerprint density at radius 2 is 1.88 bits per heavy atom. The Morgan fingerprint density at radius 3 is 2.40 bits per heavy atom. The number of nitrogens with one attached hydrogen (secondary N) is 2. The molecule has 0 aliphatic heterocycles. The molecular weight excluding hydrogens is 372 g/mol. The fourth-order valence-electron chi connectivity index (χ4n) is 1.73. The highest BCUT2D eigenvalue weighted by atomic mass is 35.5. The van der Waals surface area contributed by atoms with E-state index in [1.54, 1.807) is 0 Å². The van der Waals surface area contributed by atoms with Crippen LogP contribution < -0.4 is 10.0 Å². The molecule has 0 aliphatic carbocycles. The molecule has 0 fully saturated rings. The molecule has 1 amide bonds. The Kier molecular flexibility index (Phi) is 8.30. The van der Waals surface area contributed by atoms with Crippen molar-refractivity contribution in [1.29, 1.82) is 0 Å². The molecule has 1 aromatic carbocycles. The number of rotatable bonds is 9. The number of aliphatic hydroxyl groups excluding tert-OH is 1. The summed E-state index contributed by atoms with van der Waals surface area (Å²) in [6.07, 6.45) is -0.648. The minimum absolute atomic E-state index is 0.129. The number of amides is 1. The van der Waals surface area contributed by atoms with Crippen LogP contribution in [0.25, 0.3) is 0 Å². The van der Waals surface area contributed by atoms with Gasteiger partial charge < -0.3 is 15.2 Å². The van der Waals surface area contributed by atoms with Crippen LogP contribution in [0.1, 0.15) is 20.3 Å². The van der Waals surface area contributed by atoms with Crippen LogP contribution in [0.3, 0.4) is 0 Å². The Bertz CT molecular complexity index is 690. The zero-order valence-electron chi connectivity index (χ0n) is 13.9. The molecule has 1 rings (SSSR count). The Labute approximate surface area is 151 Å².